The summed E-state index contributed by atoms with van der Waals surface area (Å²) in [5.41, 5.74) is 6.17. The number of hydrogen-bond donors (Lipinski definition) is 1. The average Bonchev–Trinajstić information content (AvgIpc) is 3.42. The van der Waals surface area contributed by atoms with Crippen molar-refractivity contribution < 1.29 is 14.3 Å². The lowest BCUT2D eigenvalue weighted by Gasteiger charge is -2.14. The summed E-state index contributed by atoms with van der Waals surface area (Å²) in [6.07, 6.45) is 3.89. The van der Waals surface area contributed by atoms with Crippen LogP contribution in [-0.4, -0.2) is 23.3 Å². The van der Waals surface area contributed by atoms with Crippen molar-refractivity contribution in [2.45, 2.75) is 13.5 Å². The topological polar surface area (TPSA) is 64.8 Å². The van der Waals surface area contributed by atoms with Crippen LogP contribution in [0.5, 0.6) is 11.5 Å². The molecule has 0 saturated carbocycles. The maximum absolute atomic E-state index is 12.5. The van der Waals surface area contributed by atoms with Crippen LogP contribution in [0.15, 0.2) is 90.3 Å². The fourth-order valence-electron chi connectivity index (χ4n) is 3.39. The van der Waals surface area contributed by atoms with Crippen LogP contribution < -0.4 is 14.9 Å². The van der Waals surface area contributed by atoms with E-state index in [2.05, 4.69) is 10.5 Å². The molecule has 178 valence electrons. The van der Waals surface area contributed by atoms with Crippen LogP contribution in [0.25, 0.3) is 5.69 Å². The first-order valence-electron chi connectivity index (χ1n) is 10.8. The van der Waals surface area contributed by atoms with Gasteiger partial charge in [0, 0.05) is 44.8 Å². The number of carbonyl (C=O) groups excluding carboxylic acids is 1. The van der Waals surface area contributed by atoms with Crippen molar-refractivity contribution in [3.63, 3.8) is 0 Å². The average molecular weight is 508 g/mol. The Kier molecular flexibility index (Phi) is 7.75. The van der Waals surface area contributed by atoms with Gasteiger partial charge in [-0.1, -0.05) is 29.3 Å². The summed E-state index contributed by atoms with van der Waals surface area (Å²) in [6.45, 7) is 1.99. The van der Waals surface area contributed by atoms with Gasteiger partial charge in [-0.3, -0.25) is 4.79 Å². The number of methoxy groups -OCH3 is 1. The van der Waals surface area contributed by atoms with Crippen molar-refractivity contribution in [3.8, 4) is 17.2 Å². The van der Waals surface area contributed by atoms with Gasteiger partial charge in [-0.2, -0.15) is 5.10 Å². The molecule has 1 N–H and O–H groups in total. The van der Waals surface area contributed by atoms with Crippen LogP contribution >= 0.6 is 23.2 Å². The Morgan fingerprint density at radius 3 is 2.23 bits per heavy atom. The van der Waals surface area contributed by atoms with Crippen molar-refractivity contribution >= 4 is 34.8 Å². The minimum atomic E-state index is -0.299. The zero-order valence-corrected chi connectivity index (χ0v) is 20.7. The predicted molar refractivity (Wildman–Crippen MR) is 139 cm³/mol. The van der Waals surface area contributed by atoms with Gasteiger partial charge in [0.05, 0.1) is 12.8 Å². The second-order valence-corrected chi connectivity index (χ2v) is 8.44. The number of ether oxygens (including phenoxy) is 2. The SMILES string of the molecule is COc1cc(/C(C)=N/NC(=O)c2ccc(-n3cccc3)cc2)ccc1OCc1c(Cl)cccc1Cl. The minimum Gasteiger partial charge on any atom is -0.493 e. The molecule has 0 atom stereocenters. The highest BCUT2D eigenvalue weighted by atomic mass is 35.5. The number of aromatic nitrogens is 1. The van der Waals surface area contributed by atoms with E-state index in [9.17, 15) is 4.79 Å². The molecule has 8 heteroatoms. The molecule has 0 unspecified atom stereocenters. The molecule has 0 bridgehead atoms. The number of benzene rings is 3. The fraction of sp³-hybridized carbons (Fsp3) is 0.111. The number of rotatable bonds is 8. The van der Waals surface area contributed by atoms with Crippen molar-refractivity contribution in [2.75, 3.05) is 7.11 Å². The summed E-state index contributed by atoms with van der Waals surface area (Å²) in [5.74, 6) is 0.756. The Hall–Kier alpha value is -3.74. The molecule has 0 aliphatic heterocycles. The summed E-state index contributed by atoms with van der Waals surface area (Å²) in [7, 11) is 1.56. The van der Waals surface area contributed by atoms with Crippen molar-refractivity contribution in [1.82, 2.24) is 9.99 Å². The summed E-state index contributed by atoms with van der Waals surface area (Å²) >= 11 is 12.4. The zero-order chi connectivity index (χ0) is 24.8. The first kappa shape index (κ1) is 24.4. The number of nitrogens with one attached hydrogen (secondary N) is 1. The Labute approximate surface area is 213 Å². The molecule has 0 aliphatic rings. The third kappa shape index (κ3) is 5.85. The first-order chi connectivity index (χ1) is 17.0. The third-order valence-electron chi connectivity index (χ3n) is 5.37. The van der Waals surface area contributed by atoms with Gasteiger partial charge in [0.15, 0.2) is 11.5 Å². The van der Waals surface area contributed by atoms with E-state index in [1.807, 2.05) is 47.3 Å². The molecule has 1 aromatic heterocycles. The fourth-order valence-corrected chi connectivity index (χ4v) is 3.89. The number of nitrogens with zero attached hydrogens (tertiary/aromatic N) is 2. The monoisotopic (exact) mass is 507 g/mol. The third-order valence-corrected chi connectivity index (χ3v) is 6.08. The molecule has 35 heavy (non-hydrogen) atoms. The molecule has 0 spiro atoms. The molecular weight excluding hydrogens is 485 g/mol. The van der Waals surface area contributed by atoms with Crippen molar-refractivity contribution in [1.29, 1.82) is 0 Å². The molecule has 0 radical (unpaired) electrons. The Bertz CT molecular complexity index is 1330. The van der Waals surface area contributed by atoms with Crippen LogP contribution in [0, 0.1) is 0 Å². The van der Waals surface area contributed by atoms with E-state index in [0.717, 1.165) is 11.3 Å². The summed E-state index contributed by atoms with van der Waals surface area (Å²) in [6, 6.07) is 21.9. The highest BCUT2D eigenvalue weighted by molar-refractivity contribution is 6.35. The number of hydrazone groups is 1. The van der Waals surface area contributed by atoms with Gasteiger partial charge in [0.25, 0.3) is 5.91 Å². The summed E-state index contributed by atoms with van der Waals surface area (Å²) < 4.78 is 13.4. The molecule has 3 aromatic carbocycles. The quantitative estimate of drug-likeness (QED) is 0.218. The van der Waals surface area contributed by atoms with Crippen LogP contribution in [0.1, 0.15) is 28.4 Å². The molecule has 1 heterocycles. The first-order valence-corrected chi connectivity index (χ1v) is 11.5. The summed E-state index contributed by atoms with van der Waals surface area (Å²) in [4.78, 5) is 12.5. The lowest BCUT2D eigenvalue weighted by atomic mass is 10.1. The maximum atomic E-state index is 12.5. The van der Waals surface area contributed by atoms with E-state index in [-0.39, 0.29) is 12.5 Å². The predicted octanol–water partition coefficient (Wildman–Crippen LogP) is 6.53. The van der Waals surface area contributed by atoms with E-state index in [4.69, 9.17) is 32.7 Å². The van der Waals surface area contributed by atoms with Crippen LogP contribution in [-0.2, 0) is 6.61 Å². The molecule has 1 amide bonds. The number of halogens is 2. The molecule has 4 aromatic rings. The Morgan fingerprint density at radius 2 is 1.57 bits per heavy atom. The molecule has 0 saturated heterocycles. The van der Waals surface area contributed by atoms with Gasteiger partial charge in [-0.25, -0.2) is 5.43 Å². The number of hydrogen-bond acceptors (Lipinski definition) is 4. The number of amides is 1. The van der Waals surface area contributed by atoms with Gasteiger partial charge >= 0.3 is 0 Å². The van der Waals surface area contributed by atoms with E-state index < -0.39 is 0 Å². The van der Waals surface area contributed by atoms with Crippen LogP contribution in [0.2, 0.25) is 10.0 Å². The van der Waals surface area contributed by atoms with Crippen molar-refractivity contribution in [2.24, 2.45) is 5.10 Å². The van der Waals surface area contributed by atoms with E-state index in [0.29, 0.717) is 38.4 Å². The van der Waals surface area contributed by atoms with Crippen LogP contribution in [0.3, 0.4) is 0 Å². The normalized spacial score (nSPS) is 11.3. The van der Waals surface area contributed by atoms with Gasteiger partial charge in [0.1, 0.15) is 6.61 Å². The second-order valence-electron chi connectivity index (χ2n) is 7.63. The van der Waals surface area contributed by atoms with Gasteiger partial charge < -0.3 is 14.0 Å². The lowest BCUT2D eigenvalue weighted by Crippen LogP contribution is -2.19. The standard InChI is InChI=1S/C27H23Cl2N3O3/c1-18(30-31-27(33)19-8-11-21(12-9-19)32-14-3-4-15-32)20-10-13-25(26(16-20)34-2)35-17-22-23(28)6-5-7-24(22)29/h3-16H,17H2,1-2H3,(H,31,33)/b30-18+. The largest absolute Gasteiger partial charge is 0.493 e. The zero-order valence-electron chi connectivity index (χ0n) is 19.2. The molecule has 0 fully saturated rings. The summed E-state index contributed by atoms with van der Waals surface area (Å²) in [5, 5.41) is 5.31. The molecule has 4 rings (SSSR count). The minimum absolute atomic E-state index is 0.195. The second kappa shape index (κ2) is 11.1. The smallest absolute Gasteiger partial charge is 0.271 e. The number of carbonyl (C=O) groups is 1. The van der Waals surface area contributed by atoms with E-state index in [1.54, 1.807) is 56.5 Å². The van der Waals surface area contributed by atoms with Crippen molar-refractivity contribution in [3.05, 3.63) is 112 Å². The highest BCUT2D eigenvalue weighted by Crippen LogP contribution is 2.31. The van der Waals surface area contributed by atoms with Gasteiger partial charge in [-0.05, 0) is 73.7 Å². The Balaban J connectivity index is 1.42. The van der Waals surface area contributed by atoms with Gasteiger partial charge in [0.2, 0.25) is 0 Å². The Morgan fingerprint density at radius 1 is 0.914 bits per heavy atom. The lowest BCUT2D eigenvalue weighted by molar-refractivity contribution is 0.0955. The maximum Gasteiger partial charge on any atom is 0.271 e. The van der Waals surface area contributed by atoms with E-state index in [1.165, 1.54) is 0 Å². The van der Waals surface area contributed by atoms with Crippen LogP contribution in [0.4, 0.5) is 0 Å². The van der Waals surface area contributed by atoms with Gasteiger partial charge in [-0.15, -0.1) is 0 Å². The molecular formula is C27H23Cl2N3O3. The van der Waals surface area contributed by atoms with E-state index >= 15 is 0 Å². The highest BCUT2D eigenvalue weighted by Gasteiger charge is 2.12. The molecule has 0 aliphatic carbocycles. The molecule has 6 nitrogen and oxygen atoms in total.